The molecule has 0 amide bonds. The number of hydrogen-bond acceptors (Lipinski definition) is 3. The standard InChI is InChI=1S/C19H18O4/c1-13(11-18(20)23-2)10-14-6-8-15(9-7-14)16-4-3-5-17(12-16)19(21)22/h3-9,11-12H,10H2,1-2H3,(H,21,22)/b13-11+. The summed E-state index contributed by atoms with van der Waals surface area (Å²) in [6.45, 7) is 1.88. The van der Waals surface area contributed by atoms with E-state index in [-0.39, 0.29) is 11.5 Å². The molecule has 2 aromatic carbocycles. The van der Waals surface area contributed by atoms with Crippen LogP contribution in [0.1, 0.15) is 22.8 Å². The van der Waals surface area contributed by atoms with Crippen molar-refractivity contribution in [2.75, 3.05) is 7.11 Å². The molecule has 0 bridgehead atoms. The van der Waals surface area contributed by atoms with Crippen molar-refractivity contribution in [2.45, 2.75) is 13.3 Å². The van der Waals surface area contributed by atoms with Gasteiger partial charge in [0, 0.05) is 6.08 Å². The smallest absolute Gasteiger partial charge is 0.335 e. The molecule has 0 aliphatic carbocycles. The first-order chi connectivity index (χ1) is 11.0. The number of carboxylic acids is 1. The van der Waals surface area contributed by atoms with Crippen LogP contribution in [0.15, 0.2) is 60.2 Å². The largest absolute Gasteiger partial charge is 0.478 e. The minimum Gasteiger partial charge on any atom is -0.478 e. The molecular weight excluding hydrogens is 292 g/mol. The van der Waals surface area contributed by atoms with Gasteiger partial charge in [0.25, 0.3) is 0 Å². The lowest BCUT2D eigenvalue weighted by Crippen LogP contribution is -1.97. The van der Waals surface area contributed by atoms with E-state index in [1.54, 1.807) is 18.2 Å². The number of ether oxygens (including phenoxy) is 1. The first-order valence-corrected chi connectivity index (χ1v) is 7.17. The molecule has 0 saturated heterocycles. The first-order valence-electron chi connectivity index (χ1n) is 7.17. The van der Waals surface area contributed by atoms with Gasteiger partial charge in [-0.1, -0.05) is 42.0 Å². The van der Waals surface area contributed by atoms with E-state index in [0.717, 1.165) is 22.3 Å². The fraction of sp³-hybridized carbons (Fsp3) is 0.158. The van der Waals surface area contributed by atoms with Crippen molar-refractivity contribution in [1.29, 1.82) is 0 Å². The molecule has 0 atom stereocenters. The molecular formula is C19H18O4. The average Bonchev–Trinajstić information content (AvgIpc) is 2.55. The number of allylic oxidation sites excluding steroid dienone is 1. The number of hydrogen-bond donors (Lipinski definition) is 1. The summed E-state index contributed by atoms with van der Waals surface area (Å²) in [4.78, 5) is 22.2. The molecule has 4 nitrogen and oxygen atoms in total. The van der Waals surface area contributed by atoms with E-state index in [2.05, 4.69) is 4.74 Å². The number of carbonyl (C=O) groups excluding carboxylic acids is 1. The predicted octanol–water partition coefficient (Wildman–Crippen LogP) is 3.71. The van der Waals surface area contributed by atoms with E-state index in [1.807, 2.05) is 37.3 Å². The molecule has 118 valence electrons. The molecule has 23 heavy (non-hydrogen) atoms. The quantitative estimate of drug-likeness (QED) is 0.675. The van der Waals surface area contributed by atoms with Gasteiger partial charge in [-0.05, 0) is 42.2 Å². The number of carbonyl (C=O) groups is 2. The van der Waals surface area contributed by atoms with Gasteiger partial charge in [-0.3, -0.25) is 0 Å². The number of rotatable bonds is 5. The van der Waals surface area contributed by atoms with E-state index >= 15 is 0 Å². The summed E-state index contributed by atoms with van der Waals surface area (Å²) in [5.74, 6) is -1.29. The Labute approximate surface area is 135 Å². The lowest BCUT2D eigenvalue weighted by atomic mass is 9.99. The Balaban J connectivity index is 2.16. The molecule has 0 aliphatic heterocycles. The molecule has 0 unspecified atom stereocenters. The van der Waals surface area contributed by atoms with Crippen molar-refractivity contribution in [2.24, 2.45) is 0 Å². The average molecular weight is 310 g/mol. The van der Waals surface area contributed by atoms with Crippen LogP contribution in [0.2, 0.25) is 0 Å². The van der Waals surface area contributed by atoms with Gasteiger partial charge in [0.2, 0.25) is 0 Å². The van der Waals surface area contributed by atoms with Crippen molar-refractivity contribution in [3.63, 3.8) is 0 Å². The van der Waals surface area contributed by atoms with Crippen molar-refractivity contribution < 1.29 is 19.4 Å². The molecule has 0 fully saturated rings. The van der Waals surface area contributed by atoms with Gasteiger partial charge in [-0.15, -0.1) is 0 Å². The molecule has 0 saturated carbocycles. The molecule has 0 aliphatic rings. The van der Waals surface area contributed by atoms with Crippen LogP contribution in [0.5, 0.6) is 0 Å². The van der Waals surface area contributed by atoms with Gasteiger partial charge in [0.1, 0.15) is 0 Å². The zero-order valence-corrected chi connectivity index (χ0v) is 13.1. The Hall–Kier alpha value is -2.88. The predicted molar refractivity (Wildman–Crippen MR) is 88.3 cm³/mol. The maximum Gasteiger partial charge on any atom is 0.335 e. The molecule has 1 N–H and O–H groups in total. The van der Waals surface area contributed by atoms with Gasteiger partial charge in [0.15, 0.2) is 0 Å². The summed E-state index contributed by atoms with van der Waals surface area (Å²) in [5, 5.41) is 9.05. The van der Waals surface area contributed by atoms with E-state index in [4.69, 9.17) is 5.11 Å². The summed E-state index contributed by atoms with van der Waals surface area (Å²) >= 11 is 0. The highest BCUT2D eigenvalue weighted by Gasteiger charge is 2.05. The second kappa shape index (κ2) is 7.40. The highest BCUT2D eigenvalue weighted by Crippen LogP contribution is 2.22. The van der Waals surface area contributed by atoms with Gasteiger partial charge in [-0.25, -0.2) is 9.59 Å². The molecule has 0 heterocycles. The maximum absolute atomic E-state index is 11.2. The Bertz CT molecular complexity index is 742. The van der Waals surface area contributed by atoms with E-state index in [0.29, 0.717) is 6.42 Å². The normalized spacial score (nSPS) is 11.1. The lowest BCUT2D eigenvalue weighted by Gasteiger charge is -2.06. The van der Waals surface area contributed by atoms with Crippen molar-refractivity contribution in [3.05, 3.63) is 71.3 Å². The van der Waals surface area contributed by atoms with Crippen LogP contribution in [0.4, 0.5) is 0 Å². The van der Waals surface area contributed by atoms with Crippen LogP contribution in [0.25, 0.3) is 11.1 Å². The monoisotopic (exact) mass is 310 g/mol. The number of methoxy groups -OCH3 is 1. The fourth-order valence-corrected chi connectivity index (χ4v) is 2.28. The van der Waals surface area contributed by atoms with Gasteiger partial charge in [0.05, 0.1) is 12.7 Å². The third kappa shape index (κ3) is 4.54. The van der Waals surface area contributed by atoms with Crippen molar-refractivity contribution in [1.82, 2.24) is 0 Å². The maximum atomic E-state index is 11.2. The highest BCUT2D eigenvalue weighted by molar-refractivity contribution is 5.89. The van der Waals surface area contributed by atoms with Gasteiger partial charge in [-0.2, -0.15) is 0 Å². The van der Waals surface area contributed by atoms with Crippen LogP contribution in [-0.4, -0.2) is 24.2 Å². The highest BCUT2D eigenvalue weighted by atomic mass is 16.5. The Morgan fingerprint density at radius 3 is 2.39 bits per heavy atom. The summed E-state index contributed by atoms with van der Waals surface area (Å²) in [7, 11) is 1.35. The SMILES string of the molecule is COC(=O)/C=C(\C)Cc1ccc(-c2cccc(C(=O)O)c2)cc1. The van der Waals surface area contributed by atoms with Crippen molar-refractivity contribution in [3.8, 4) is 11.1 Å². The Morgan fingerprint density at radius 1 is 1.09 bits per heavy atom. The number of esters is 1. The van der Waals surface area contributed by atoms with Crippen LogP contribution in [0, 0.1) is 0 Å². The van der Waals surface area contributed by atoms with Gasteiger partial charge >= 0.3 is 11.9 Å². The first kappa shape index (κ1) is 16.5. The summed E-state index contributed by atoms with van der Waals surface area (Å²) in [6.07, 6.45) is 2.13. The second-order valence-corrected chi connectivity index (χ2v) is 5.27. The molecule has 0 spiro atoms. The molecule has 2 rings (SSSR count). The summed E-state index contributed by atoms with van der Waals surface area (Å²) in [5.41, 5.74) is 4.06. The third-order valence-corrected chi connectivity index (χ3v) is 3.45. The summed E-state index contributed by atoms with van der Waals surface area (Å²) in [6, 6.07) is 14.7. The van der Waals surface area contributed by atoms with Crippen LogP contribution in [-0.2, 0) is 16.0 Å². The zero-order valence-electron chi connectivity index (χ0n) is 13.1. The second-order valence-electron chi connectivity index (χ2n) is 5.27. The lowest BCUT2D eigenvalue weighted by molar-refractivity contribution is -0.134. The van der Waals surface area contributed by atoms with Crippen LogP contribution in [0.3, 0.4) is 0 Å². The summed E-state index contributed by atoms with van der Waals surface area (Å²) < 4.78 is 4.60. The molecule has 0 radical (unpaired) electrons. The minimum absolute atomic E-state index is 0.267. The molecule has 0 aromatic heterocycles. The van der Waals surface area contributed by atoms with Crippen molar-refractivity contribution >= 4 is 11.9 Å². The molecule has 2 aromatic rings. The topological polar surface area (TPSA) is 63.6 Å². The van der Waals surface area contributed by atoms with E-state index in [1.165, 1.54) is 13.2 Å². The van der Waals surface area contributed by atoms with Crippen LogP contribution < -0.4 is 0 Å². The fourth-order valence-electron chi connectivity index (χ4n) is 2.28. The number of benzene rings is 2. The third-order valence-electron chi connectivity index (χ3n) is 3.45. The van der Waals surface area contributed by atoms with E-state index in [9.17, 15) is 9.59 Å². The minimum atomic E-state index is -0.938. The number of carboxylic acid groups (broad SMARTS) is 1. The molecule has 4 heteroatoms. The van der Waals surface area contributed by atoms with Crippen LogP contribution >= 0.6 is 0 Å². The van der Waals surface area contributed by atoms with Gasteiger partial charge < -0.3 is 9.84 Å². The van der Waals surface area contributed by atoms with E-state index < -0.39 is 5.97 Å². The Morgan fingerprint density at radius 2 is 1.78 bits per heavy atom. The number of aromatic carboxylic acids is 1. The Kier molecular flexibility index (Phi) is 5.31. The zero-order chi connectivity index (χ0) is 16.8.